The lowest BCUT2D eigenvalue weighted by molar-refractivity contribution is -0.0134. The highest BCUT2D eigenvalue weighted by Gasteiger charge is 2.19. The van der Waals surface area contributed by atoms with Crippen LogP contribution in [0.4, 0.5) is 0 Å². The van der Waals surface area contributed by atoms with Gasteiger partial charge in [-0.2, -0.15) is 0 Å². The second-order valence-electron chi connectivity index (χ2n) is 3.38. The first-order chi connectivity index (χ1) is 7.22. The first kappa shape index (κ1) is 10.6. The molecule has 0 bridgehead atoms. The largest absolute Gasteiger partial charge is 0.394 e. The molecule has 4 heteroatoms. The van der Waals surface area contributed by atoms with Crippen LogP contribution in [0.2, 0.25) is 0 Å². The monoisotopic (exact) mass is 224 g/mol. The first-order valence-electron chi connectivity index (χ1n) is 4.68. The average molecular weight is 224 g/mol. The Labute approximate surface area is 91.2 Å². The van der Waals surface area contributed by atoms with Crippen LogP contribution in [0.5, 0.6) is 0 Å². The Kier molecular flexibility index (Phi) is 3.02. The van der Waals surface area contributed by atoms with Gasteiger partial charge in [-0.1, -0.05) is 18.2 Å². The summed E-state index contributed by atoms with van der Waals surface area (Å²) >= 11 is 1.43. The van der Waals surface area contributed by atoms with Crippen LogP contribution in [-0.2, 0) is 0 Å². The van der Waals surface area contributed by atoms with Crippen LogP contribution in [0.15, 0.2) is 30.3 Å². The highest BCUT2D eigenvalue weighted by Crippen LogP contribution is 2.30. The summed E-state index contributed by atoms with van der Waals surface area (Å²) in [5.41, 5.74) is 0. The molecule has 2 rings (SSSR count). The smallest absolute Gasteiger partial charge is 0.116 e. The SMILES string of the molecule is OCC(O)C(O)c1cc2ccccc2s1. The molecule has 2 unspecified atom stereocenters. The van der Waals surface area contributed by atoms with Crippen LogP contribution in [0.25, 0.3) is 10.1 Å². The number of aliphatic hydroxyl groups excluding tert-OH is 3. The molecule has 2 atom stereocenters. The predicted octanol–water partition coefficient (Wildman–Crippen LogP) is 1.29. The minimum Gasteiger partial charge on any atom is -0.394 e. The lowest BCUT2D eigenvalue weighted by Gasteiger charge is -2.12. The summed E-state index contributed by atoms with van der Waals surface area (Å²) in [4.78, 5) is 0.678. The van der Waals surface area contributed by atoms with Crippen LogP contribution in [0.1, 0.15) is 11.0 Å². The maximum atomic E-state index is 9.69. The van der Waals surface area contributed by atoms with Crippen LogP contribution < -0.4 is 0 Å². The van der Waals surface area contributed by atoms with Crippen molar-refractivity contribution in [3.05, 3.63) is 35.2 Å². The van der Waals surface area contributed by atoms with E-state index in [0.29, 0.717) is 4.88 Å². The van der Waals surface area contributed by atoms with E-state index in [1.807, 2.05) is 30.3 Å². The van der Waals surface area contributed by atoms with Crippen LogP contribution >= 0.6 is 11.3 Å². The number of aliphatic hydroxyl groups is 3. The summed E-state index contributed by atoms with van der Waals surface area (Å²) in [6.45, 7) is -0.435. The zero-order valence-corrected chi connectivity index (χ0v) is 8.81. The molecule has 15 heavy (non-hydrogen) atoms. The fourth-order valence-corrected chi connectivity index (χ4v) is 2.55. The molecule has 0 aliphatic carbocycles. The molecule has 0 aliphatic heterocycles. The van der Waals surface area contributed by atoms with E-state index < -0.39 is 18.8 Å². The third kappa shape index (κ3) is 2.03. The van der Waals surface area contributed by atoms with Crippen molar-refractivity contribution in [1.29, 1.82) is 0 Å². The molecule has 3 N–H and O–H groups in total. The highest BCUT2D eigenvalue weighted by atomic mass is 32.1. The molecule has 3 nitrogen and oxygen atoms in total. The Hall–Kier alpha value is -0.940. The lowest BCUT2D eigenvalue weighted by Crippen LogP contribution is -2.21. The molecule has 1 aromatic heterocycles. The van der Waals surface area contributed by atoms with Gasteiger partial charge in [0.2, 0.25) is 0 Å². The molecular weight excluding hydrogens is 212 g/mol. The van der Waals surface area contributed by atoms with Gasteiger partial charge in [0, 0.05) is 9.58 Å². The predicted molar refractivity (Wildman–Crippen MR) is 59.9 cm³/mol. The molecule has 0 saturated heterocycles. The average Bonchev–Trinajstić information content (AvgIpc) is 2.70. The van der Waals surface area contributed by atoms with Crippen molar-refractivity contribution in [2.24, 2.45) is 0 Å². The van der Waals surface area contributed by atoms with Crippen molar-refractivity contribution in [1.82, 2.24) is 0 Å². The van der Waals surface area contributed by atoms with E-state index in [9.17, 15) is 10.2 Å². The van der Waals surface area contributed by atoms with Crippen molar-refractivity contribution < 1.29 is 15.3 Å². The van der Waals surface area contributed by atoms with Crippen molar-refractivity contribution >= 4 is 21.4 Å². The van der Waals surface area contributed by atoms with Gasteiger partial charge in [-0.15, -0.1) is 11.3 Å². The Morgan fingerprint density at radius 2 is 1.93 bits per heavy atom. The molecule has 2 aromatic rings. The van der Waals surface area contributed by atoms with Gasteiger partial charge in [-0.05, 0) is 17.5 Å². The first-order valence-corrected chi connectivity index (χ1v) is 5.49. The fourth-order valence-electron chi connectivity index (χ4n) is 1.44. The quantitative estimate of drug-likeness (QED) is 0.736. The zero-order chi connectivity index (χ0) is 10.8. The van der Waals surface area contributed by atoms with Crippen LogP contribution in [-0.4, -0.2) is 28.0 Å². The number of hydrogen-bond donors (Lipinski definition) is 3. The standard InChI is InChI=1S/C11H12O3S/c12-6-8(13)11(14)10-5-7-3-1-2-4-9(7)15-10/h1-5,8,11-14H,6H2. The Morgan fingerprint density at radius 3 is 2.60 bits per heavy atom. The van der Waals surface area contributed by atoms with Gasteiger partial charge in [-0.25, -0.2) is 0 Å². The second kappa shape index (κ2) is 4.28. The molecular formula is C11H12O3S. The molecule has 0 aliphatic rings. The minimum absolute atomic E-state index is 0.435. The van der Waals surface area contributed by atoms with Crippen molar-refractivity contribution in [2.45, 2.75) is 12.2 Å². The number of hydrogen-bond acceptors (Lipinski definition) is 4. The van der Waals surface area contributed by atoms with Gasteiger partial charge >= 0.3 is 0 Å². The third-order valence-electron chi connectivity index (χ3n) is 2.29. The Bertz CT molecular complexity index is 419. The maximum absolute atomic E-state index is 9.69. The van der Waals surface area contributed by atoms with Crippen molar-refractivity contribution in [3.63, 3.8) is 0 Å². The molecule has 0 fully saturated rings. The summed E-state index contributed by atoms with van der Waals surface area (Å²) in [6, 6.07) is 9.60. The van der Waals surface area contributed by atoms with Gasteiger partial charge in [0.05, 0.1) is 6.61 Å². The second-order valence-corrected chi connectivity index (χ2v) is 4.50. The highest BCUT2D eigenvalue weighted by molar-refractivity contribution is 7.19. The zero-order valence-electron chi connectivity index (χ0n) is 8.00. The molecule has 1 aromatic carbocycles. The van der Waals surface area contributed by atoms with Crippen molar-refractivity contribution in [3.8, 4) is 0 Å². The number of rotatable bonds is 3. The summed E-state index contributed by atoms with van der Waals surface area (Å²) < 4.78 is 1.07. The van der Waals surface area contributed by atoms with Gasteiger partial charge < -0.3 is 15.3 Å². The molecule has 1 heterocycles. The van der Waals surface area contributed by atoms with E-state index in [0.717, 1.165) is 10.1 Å². The summed E-state index contributed by atoms with van der Waals surface area (Å²) in [5.74, 6) is 0. The normalized spacial score (nSPS) is 15.4. The number of thiophene rings is 1. The van der Waals surface area contributed by atoms with E-state index >= 15 is 0 Å². The van der Waals surface area contributed by atoms with Gasteiger partial charge in [-0.3, -0.25) is 0 Å². The van der Waals surface area contributed by atoms with E-state index in [-0.39, 0.29) is 0 Å². The van der Waals surface area contributed by atoms with Crippen LogP contribution in [0, 0.1) is 0 Å². The van der Waals surface area contributed by atoms with E-state index in [4.69, 9.17) is 5.11 Å². The lowest BCUT2D eigenvalue weighted by atomic mass is 10.1. The Balaban J connectivity index is 2.36. The van der Waals surface area contributed by atoms with Crippen LogP contribution in [0.3, 0.4) is 0 Å². The van der Waals surface area contributed by atoms with E-state index in [2.05, 4.69) is 0 Å². The fraction of sp³-hybridized carbons (Fsp3) is 0.273. The van der Waals surface area contributed by atoms with E-state index in [1.54, 1.807) is 0 Å². The van der Waals surface area contributed by atoms with Crippen molar-refractivity contribution in [2.75, 3.05) is 6.61 Å². The summed E-state index contributed by atoms with van der Waals surface area (Å²) in [7, 11) is 0. The topological polar surface area (TPSA) is 60.7 Å². The molecule has 80 valence electrons. The minimum atomic E-state index is -1.11. The van der Waals surface area contributed by atoms with E-state index in [1.165, 1.54) is 11.3 Å². The third-order valence-corrected chi connectivity index (χ3v) is 3.47. The number of fused-ring (bicyclic) bond motifs is 1. The van der Waals surface area contributed by atoms with Gasteiger partial charge in [0.1, 0.15) is 12.2 Å². The summed E-state index contributed by atoms with van der Waals surface area (Å²) in [6.07, 6.45) is -2.12. The molecule has 0 amide bonds. The van der Waals surface area contributed by atoms with Gasteiger partial charge in [0.25, 0.3) is 0 Å². The maximum Gasteiger partial charge on any atom is 0.116 e. The Morgan fingerprint density at radius 1 is 1.20 bits per heavy atom. The molecule has 0 radical (unpaired) electrons. The summed E-state index contributed by atoms with van der Waals surface area (Å²) in [5, 5.41) is 28.8. The number of benzene rings is 1. The molecule has 0 saturated carbocycles. The molecule has 0 spiro atoms. The van der Waals surface area contributed by atoms with Gasteiger partial charge in [0.15, 0.2) is 0 Å².